The van der Waals surface area contributed by atoms with Gasteiger partial charge in [0, 0.05) is 11.4 Å². The largest absolute Gasteiger partial charge is 0.495 e. The summed E-state index contributed by atoms with van der Waals surface area (Å²) in [7, 11) is -2.15. The summed E-state index contributed by atoms with van der Waals surface area (Å²) < 4.78 is 33.6. The van der Waals surface area contributed by atoms with E-state index in [9.17, 15) is 8.42 Å². The average molecular weight is 395 g/mol. The summed E-state index contributed by atoms with van der Waals surface area (Å²) in [5, 5.41) is 2.05. The number of benzene rings is 1. The molecule has 2 heterocycles. The van der Waals surface area contributed by atoms with Gasteiger partial charge in [-0.15, -0.1) is 11.3 Å². The predicted octanol–water partition coefficient (Wildman–Crippen LogP) is 3.51. The number of nitrogens with zero attached hydrogens (tertiary/aromatic N) is 1. The third kappa shape index (κ3) is 4.46. The van der Waals surface area contributed by atoms with Crippen molar-refractivity contribution in [3.63, 3.8) is 0 Å². The highest BCUT2D eigenvalue weighted by Gasteiger charge is 2.28. The zero-order valence-electron chi connectivity index (χ0n) is 15.2. The molecule has 1 aromatic heterocycles. The summed E-state index contributed by atoms with van der Waals surface area (Å²) in [4.78, 5) is 3.78. The normalized spacial score (nSPS) is 17.9. The van der Waals surface area contributed by atoms with E-state index in [1.54, 1.807) is 35.6 Å². The number of rotatable bonds is 7. The Kier molecular flexibility index (Phi) is 6.34. The van der Waals surface area contributed by atoms with E-state index in [4.69, 9.17) is 4.74 Å². The quantitative estimate of drug-likeness (QED) is 0.781. The molecule has 0 saturated carbocycles. The van der Waals surface area contributed by atoms with Crippen LogP contribution in [0.15, 0.2) is 46.7 Å². The lowest BCUT2D eigenvalue weighted by molar-refractivity contribution is 0.141. The Labute approximate surface area is 160 Å². The van der Waals surface area contributed by atoms with E-state index in [0.29, 0.717) is 12.3 Å². The lowest BCUT2D eigenvalue weighted by Crippen LogP contribution is -2.41. The second-order valence-electron chi connectivity index (χ2n) is 6.75. The number of thiophene rings is 1. The number of ether oxygens (including phenoxy) is 1. The molecule has 0 spiro atoms. The lowest BCUT2D eigenvalue weighted by atomic mass is 9.97. The van der Waals surface area contributed by atoms with Gasteiger partial charge in [0.05, 0.1) is 13.2 Å². The van der Waals surface area contributed by atoms with E-state index in [2.05, 4.69) is 22.6 Å². The first-order chi connectivity index (χ1) is 12.5. The number of likely N-dealkylation sites (tertiary alicyclic amines) is 1. The summed E-state index contributed by atoms with van der Waals surface area (Å²) in [6, 6.07) is 10.9. The minimum absolute atomic E-state index is 0.0620. The zero-order valence-corrected chi connectivity index (χ0v) is 16.9. The van der Waals surface area contributed by atoms with Crippen LogP contribution in [0.5, 0.6) is 5.75 Å². The van der Waals surface area contributed by atoms with Crippen molar-refractivity contribution in [3.05, 3.63) is 46.7 Å². The van der Waals surface area contributed by atoms with Crippen molar-refractivity contribution in [2.45, 2.75) is 30.7 Å². The molecule has 1 aromatic carbocycles. The molecule has 0 amide bonds. The molecule has 0 bridgehead atoms. The first kappa shape index (κ1) is 19.4. The Balaban J connectivity index is 1.77. The maximum atomic E-state index is 12.8. The molecule has 1 atom stereocenters. The van der Waals surface area contributed by atoms with Crippen LogP contribution in [0.2, 0.25) is 0 Å². The van der Waals surface area contributed by atoms with Gasteiger partial charge in [0.2, 0.25) is 10.0 Å². The van der Waals surface area contributed by atoms with E-state index in [0.717, 1.165) is 31.8 Å². The molecular formula is C19H26N2O3S2. The van der Waals surface area contributed by atoms with E-state index in [-0.39, 0.29) is 10.9 Å². The molecule has 1 fully saturated rings. The molecule has 1 unspecified atom stereocenters. The van der Waals surface area contributed by atoms with Gasteiger partial charge in [-0.05, 0) is 55.4 Å². The predicted molar refractivity (Wildman–Crippen MR) is 105 cm³/mol. The molecule has 142 valence electrons. The molecular weight excluding hydrogens is 368 g/mol. The third-order valence-electron chi connectivity index (χ3n) is 4.96. The minimum Gasteiger partial charge on any atom is -0.495 e. The fourth-order valence-electron chi connectivity index (χ4n) is 3.34. The number of sulfonamides is 1. The summed E-state index contributed by atoms with van der Waals surface area (Å²) in [6.07, 6.45) is 2.31. The summed E-state index contributed by atoms with van der Waals surface area (Å²) in [6.45, 7) is 4.64. The number of hydrogen-bond acceptors (Lipinski definition) is 5. The SMILES string of the molecule is COc1ccccc1S(=O)(=O)NCC(c1cccs1)N1CCC(C)CC1. The van der Waals surface area contributed by atoms with Gasteiger partial charge < -0.3 is 4.74 Å². The van der Waals surface area contributed by atoms with Crippen LogP contribution in [0, 0.1) is 5.92 Å². The molecule has 3 rings (SSSR count). The molecule has 26 heavy (non-hydrogen) atoms. The Bertz CT molecular complexity index is 798. The number of para-hydroxylation sites is 1. The van der Waals surface area contributed by atoms with Crippen molar-refractivity contribution in [3.8, 4) is 5.75 Å². The van der Waals surface area contributed by atoms with Gasteiger partial charge in [-0.1, -0.05) is 25.1 Å². The van der Waals surface area contributed by atoms with Crippen molar-refractivity contribution in [1.29, 1.82) is 0 Å². The van der Waals surface area contributed by atoms with Crippen LogP contribution in [0.1, 0.15) is 30.7 Å². The minimum atomic E-state index is -3.64. The second kappa shape index (κ2) is 8.52. The fraction of sp³-hybridized carbons (Fsp3) is 0.474. The summed E-state index contributed by atoms with van der Waals surface area (Å²) in [5.41, 5.74) is 0. The Morgan fingerprint density at radius 2 is 1.96 bits per heavy atom. The maximum absolute atomic E-state index is 12.8. The van der Waals surface area contributed by atoms with E-state index >= 15 is 0 Å². The molecule has 0 aliphatic carbocycles. The molecule has 1 N–H and O–H groups in total. The average Bonchev–Trinajstić information content (AvgIpc) is 3.17. The number of hydrogen-bond donors (Lipinski definition) is 1. The van der Waals surface area contributed by atoms with Crippen LogP contribution < -0.4 is 9.46 Å². The van der Waals surface area contributed by atoms with Crippen molar-refractivity contribution in [2.75, 3.05) is 26.7 Å². The van der Waals surface area contributed by atoms with E-state index in [1.807, 2.05) is 11.4 Å². The Morgan fingerprint density at radius 3 is 2.62 bits per heavy atom. The Morgan fingerprint density at radius 1 is 1.23 bits per heavy atom. The molecule has 1 aliphatic rings. The number of piperidine rings is 1. The van der Waals surface area contributed by atoms with E-state index < -0.39 is 10.0 Å². The lowest BCUT2D eigenvalue weighted by Gasteiger charge is -2.36. The molecule has 2 aromatic rings. The Hall–Kier alpha value is -1.41. The van der Waals surface area contributed by atoms with Crippen LogP contribution in [0.25, 0.3) is 0 Å². The highest BCUT2D eigenvalue weighted by Crippen LogP contribution is 2.30. The summed E-state index contributed by atoms with van der Waals surface area (Å²) in [5.74, 6) is 1.10. The first-order valence-electron chi connectivity index (χ1n) is 8.91. The maximum Gasteiger partial charge on any atom is 0.244 e. The monoisotopic (exact) mass is 394 g/mol. The molecule has 1 saturated heterocycles. The van der Waals surface area contributed by atoms with Crippen molar-refractivity contribution in [1.82, 2.24) is 9.62 Å². The summed E-state index contributed by atoms with van der Waals surface area (Å²) >= 11 is 1.68. The molecule has 1 aliphatic heterocycles. The number of nitrogens with one attached hydrogen (secondary N) is 1. The van der Waals surface area contributed by atoms with Crippen LogP contribution in [0.3, 0.4) is 0 Å². The van der Waals surface area contributed by atoms with Crippen LogP contribution in [-0.2, 0) is 10.0 Å². The van der Waals surface area contributed by atoms with Gasteiger partial charge in [-0.25, -0.2) is 13.1 Å². The smallest absolute Gasteiger partial charge is 0.244 e. The van der Waals surface area contributed by atoms with Crippen LogP contribution in [0.4, 0.5) is 0 Å². The standard InChI is InChI=1S/C19H26N2O3S2/c1-15-9-11-21(12-10-15)16(18-7-5-13-25-18)14-20-26(22,23)19-8-4-3-6-17(19)24-2/h3-8,13,15-16,20H,9-12,14H2,1-2H3. The molecule has 0 radical (unpaired) electrons. The highest BCUT2D eigenvalue weighted by molar-refractivity contribution is 7.89. The first-order valence-corrected chi connectivity index (χ1v) is 11.3. The van der Waals surface area contributed by atoms with Crippen molar-refractivity contribution in [2.24, 2.45) is 5.92 Å². The molecule has 7 heteroatoms. The highest BCUT2D eigenvalue weighted by atomic mass is 32.2. The third-order valence-corrected chi connectivity index (χ3v) is 7.39. The second-order valence-corrected chi connectivity index (χ2v) is 9.47. The number of methoxy groups -OCH3 is 1. The van der Waals surface area contributed by atoms with Gasteiger partial charge in [0.15, 0.2) is 0 Å². The van der Waals surface area contributed by atoms with Crippen LogP contribution in [-0.4, -0.2) is 40.1 Å². The van der Waals surface area contributed by atoms with Crippen LogP contribution >= 0.6 is 11.3 Å². The fourth-order valence-corrected chi connectivity index (χ4v) is 5.41. The van der Waals surface area contributed by atoms with Gasteiger partial charge in [-0.3, -0.25) is 4.90 Å². The van der Waals surface area contributed by atoms with Gasteiger partial charge >= 0.3 is 0 Å². The molecule has 5 nitrogen and oxygen atoms in total. The van der Waals surface area contributed by atoms with Gasteiger partial charge in [0.25, 0.3) is 0 Å². The van der Waals surface area contributed by atoms with Crippen molar-refractivity contribution >= 4 is 21.4 Å². The topological polar surface area (TPSA) is 58.6 Å². The van der Waals surface area contributed by atoms with Gasteiger partial charge in [0.1, 0.15) is 10.6 Å². The van der Waals surface area contributed by atoms with Crippen molar-refractivity contribution < 1.29 is 13.2 Å². The van der Waals surface area contributed by atoms with Gasteiger partial charge in [-0.2, -0.15) is 0 Å². The van der Waals surface area contributed by atoms with E-state index in [1.165, 1.54) is 12.0 Å². The zero-order chi connectivity index (χ0) is 18.6.